The van der Waals surface area contributed by atoms with E-state index < -0.39 is 5.95 Å². The van der Waals surface area contributed by atoms with Gasteiger partial charge in [-0.25, -0.2) is 4.98 Å². The van der Waals surface area contributed by atoms with Gasteiger partial charge in [0.15, 0.2) is 0 Å². The molecule has 2 nitrogen and oxygen atoms in total. The Balaban J connectivity index is 1.71. The Hall–Kier alpha value is -1.12. The van der Waals surface area contributed by atoms with Crippen molar-refractivity contribution in [1.82, 2.24) is 4.98 Å². The minimum absolute atomic E-state index is 0.398. The van der Waals surface area contributed by atoms with Crippen LogP contribution in [0, 0.1) is 17.8 Å². The second-order valence-electron chi connectivity index (χ2n) is 4.71. The molecule has 0 saturated heterocycles. The van der Waals surface area contributed by atoms with Crippen molar-refractivity contribution in [2.75, 3.05) is 5.32 Å². The Morgan fingerprint density at radius 2 is 1.93 bits per heavy atom. The molecule has 2 aliphatic carbocycles. The lowest BCUT2D eigenvalue weighted by Crippen LogP contribution is -2.24. The van der Waals surface area contributed by atoms with E-state index in [9.17, 15) is 4.39 Å². The van der Waals surface area contributed by atoms with E-state index in [4.69, 9.17) is 0 Å². The summed E-state index contributed by atoms with van der Waals surface area (Å²) in [6.07, 6.45) is 6.86. The van der Waals surface area contributed by atoms with Gasteiger partial charge in [0.05, 0.1) is 0 Å². The van der Waals surface area contributed by atoms with Gasteiger partial charge >= 0.3 is 0 Å². The van der Waals surface area contributed by atoms with E-state index in [1.807, 2.05) is 6.07 Å². The first-order valence-electron chi connectivity index (χ1n) is 5.71. The van der Waals surface area contributed by atoms with Gasteiger partial charge in [0.25, 0.3) is 0 Å². The molecule has 1 aromatic rings. The third kappa shape index (κ3) is 2.11. The summed E-state index contributed by atoms with van der Waals surface area (Å²) in [6, 6.07) is 3.91. The maximum atomic E-state index is 12.9. The van der Waals surface area contributed by atoms with Crippen molar-refractivity contribution in [3.63, 3.8) is 0 Å². The summed E-state index contributed by atoms with van der Waals surface area (Å²) >= 11 is 0. The Labute approximate surface area is 88.9 Å². The van der Waals surface area contributed by atoms with Crippen molar-refractivity contribution in [3.8, 4) is 0 Å². The molecule has 80 valence electrons. The van der Waals surface area contributed by atoms with E-state index in [-0.39, 0.29) is 0 Å². The van der Waals surface area contributed by atoms with E-state index in [0.717, 1.165) is 17.5 Å². The topological polar surface area (TPSA) is 24.9 Å². The molecule has 1 aromatic heterocycles. The Morgan fingerprint density at radius 3 is 2.47 bits per heavy atom. The molecule has 3 heteroatoms. The first-order chi connectivity index (χ1) is 7.33. The molecule has 0 amide bonds. The van der Waals surface area contributed by atoms with Gasteiger partial charge in [-0.2, -0.15) is 4.39 Å². The SMILES string of the molecule is Fc1cc(NC(C2CC2)C2CC2)ccn1. The van der Waals surface area contributed by atoms with Crippen LogP contribution in [-0.4, -0.2) is 11.0 Å². The Bertz CT molecular complexity index is 346. The molecule has 0 unspecified atom stereocenters. The van der Waals surface area contributed by atoms with Gasteiger partial charge in [-0.1, -0.05) is 0 Å². The quantitative estimate of drug-likeness (QED) is 0.766. The molecule has 0 spiro atoms. The van der Waals surface area contributed by atoms with Gasteiger partial charge < -0.3 is 5.32 Å². The van der Waals surface area contributed by atoms with Gasteiger partial charge in [0, 0.05) is 24.0 Å². The lowest BCUT2D eigenvalue weighted by Gasteiger charge is -2.18. The maximum Gasteiger partial charge on any atom is 0.214 e. The minimum atomic E-state index is -0.398. The zero-order valence-electron chi connectivity index (χ0n) is 8.62. The molecule has 0 aromatic carbocycles. The molecule has 0 atom stereocenters. The molecule has 0 aliphatic heterocycles. The summed E-state index contributed by atoms with van der Waals surface area (Å²) in [5, 5.41) is 3.46. The first-order valence-corrected chi connectivity index (χ1v) is 5.71. The van der Waals surface area contributed by atoms with Gasteiger partial charge in [-0.3, -0.25) is 0 Å². The molecule has 0 radical (unpaired) electrons. The number of nitrogens with zero attached hydrogens (tertiary/aromatic N) is 1. The third-order valence-corrected chi connectivity index (χ3v) is 3.32. The van der Waals surface area contributed by atoms with Crippen LogP contribution >= 0.6 is 0 Å². The standard InChI is InChI=1S/C12H15FN2/c13-11-7-10(5-6-14-11)15-12(8-1-2-8)9-3-4-9/h5-9,12H,1-4H2,(H,14,15). The van der Waals surface area contributed by atoms with Crippen LogP contribution in [0.4, 0.5) is 10.1 Å². The highest BCUT2D eigenvalue weighted by Gasteiger charge is 2.41. The normalized spacial score (nSPS) is 20.7. The van der Waals surface area contributed by atoms with Gasteiger partial charge in [0.1, 0.15) is 0 Å². The number of anilines is 1. The lowest BCUT2D eigenvalue weighted by molar-refractivity contribution is 0.562. The van der Waals surface area contributed by atoms with Crippen LogP contribution in [0.25, 0.3) is 0 Å². The fourth-order valence-corrected chi connectivity index (χ4v) is 2.22. The lowest BCUT2D eigenvalue weighted by atomic mass is 10.1. The summed E-state index contributed by atoms with van der Waals surface area (Å²) in [6.45, 7) is 0. The van der Waals surface area contributed by atoms with Crippen LogP contribution in [0.15, 0.2) is 18.3 Å². The van der Waals surface area contributed by atoms with Crippen molar-refractivity contribution in [2.24, 2.45) is 11.8 Å². The van der Waals surface area contributed by atoms with E-state index in [1.165, 1.54) is 37.9 Å². The first kappa shape index (κ1) is 9.13. The van der Waals surface area contributed by atoms with Gasteiger partial charge in [-0.15, -0.1) is 0 Å². The number of hydrogen-bond donors (Lipinski definition) is 1. The van der Waals surface area contributed by atoms with E-state index >= 15 is 0 Å². The average molecular weight is 206 g/mol. The highest BCUT2D eigenvalue weighted by Crippen LogP contribution is 2.45. The van der Waals surface area contributed by atoms with E-state index in [0.29, 0.717) is 6.04 Å². The summed E-state index contributed by atoms with van der Waals surface area (Å²) in [4.78, 5) is 3.56. The zero-order valence-corrected chi connectivity index (χ0v) is 8.62. The van der Waals surface area contributed by atoms with Crippen LogP contribution in [0.3, 0.4) is 0 Å². The van der Waals surface area contributed by atoms with Gasteiger partial charge in [0.2, 0.25) is 5.95 Å². The van der Waals surface area contributed by atoms with Crippen molar-refractivity contribution in [3.05, 3.63) is 24.3 Å². The number of nitrogens with one attached hydrogen (secondary N) is 1. The molecule has 15 heavy (non-hydrogen) atoms. The minimum Gasteiger partial charge on any atom is -0.382 e. The predicted octanol–water partition coefficient (Wildman–Crippen LogP) is 2.82. The van der Waals surface area contributed by atoms with Crippen molar-refractivity contribution in [1.29, 1.82) is 0 Å². The average Bonchev–Trinajstić information content (AvgIpc) is 3.07. The second-order valence-corrected chi connectivity index (χ2v) is 4.71. The Kier molecular flexibility index (Phi) is 2.11. The van der Waals surface area contributed by atoms with Crippen LogP contribution in [0.5, 0.6) is 0 Å². The summed E-state index contributed by atoms with van der Waals surface area (Å²) in [5.74, 6) is 1.26. The molecule has 3 rings (SSSR count). The van der Waals surface area contributed by atoms with Crippen LogP contribution < -0.4 is 5.32 Å². The van der Waals surface area contributed by atoms with Crippen LogP contribution in [0.2, 0.25) is 0 Å². The summed E-state index contributed by atoms with van der Waals surface area (Å²) in [5.41, 5.74) is 0.881. The molecular formula is C12H15FN2. The van der Waals surface area contributed by atoms with Crippen molar-refractivity contribution in [2.45, 2.75) is 31.7 Å². The third-order valence-electron chi connectivity index (χ3n) is 3.32. The fourth-order valence-electron chi connectivity index (χ4n) is 2.22. The number of hydrogen-bond acceptors (Lipinski definition) is 2. The van der Waals surface area contributed by atoms with E-state index in [2.05, 4.69) is 10.3 Å². The number of pyridine rings is 1. The zero-order chi connectivity index (χ0) is 10.3. The van der Waals surface area contributed by atoms with Crippen molar-refractivity contribution >= 4 is 5.69 Å². The molecule has 2 fully saturated rings. The summed E-state index contributed by atoms with van der Waals surface area (Å²) < 4.78 is 12.9. The smallest absolute Gasteiger partial charge is 0.214 e. The van der Waals surface area contributed by atoms with Crippen LogP contribution in [0.1, 0.15) is 25.7 Å². The van der Waals surface area contributed by atoms with Gasteiger partial charge in [-0.05, 0) is 43.6 Å². The molecule has 0 bridgehead atoms. The van der Waals surface area contributed by atoms with E-state index in [1.54, 1.807) is 0 Å². The second kappa shape index (κ2) is 3.47. The molecule has 2 aliphatic rings. The summed E-state index contributed by atoms with van der Waals surface area (Å²) in [7, 11) is 0. The highest BCUT2D eigenvalue weighted by atomic mass is 19.1. The highest BCUT2D eigenvalue weighted by molar-refractivity contribution is 5.43. The molecule has 2 saturated carbocycles. The Morgan fingerprint density at radius 1 is 1.27 bits per heavy atom. The number of rotatable bonds is 4. The van der Waals surface area contributed by atoms with Crippen molar-refractivity contribution < 1.29 is 4.39 Å². The number of halogens is 1. The molecule has 1 heterocycles. The largest absolute Gasteiger partial charge is 0.382 e. The van der Waals surface area contributed by atoms with Crippen LogP contribution in [-0.2, 0) is 0 Å². The maximum absolute atomic E-state index is 12.9. The number of aromatic nitrogens is 1. The molecule has 1 N–H and O–H groups in total. The predicted molar refractivity (Wildman–Crippen MR) is 57.1 cm³/mol. The fraction of sp³-hybridized carbons (Fsp3) is 0.583. The monoisotopic (exact) mass is 206 g/mol. The molecular weight excluding hydrogens is 191 g/mol.